The van der Waals surface area contributed by atoms with Crippen molar-refractivity contribution in [2.45, 2.75) is 19.3 Å². The van der Waals surface area contributed by atoms with Crippen LogP contribution in [0.4, 0.5) is 5.82 Å². The average molecular weight is 236 g/mol. The molecule has 86 valence electrons. The molecular weight excluding hydrogens is 220 g/mol. The minimum atomic E-state index is 0.290. The zero-order valence-electron chi connectivity index (χ0n) is 9.15. The molecule has 0 saturated heterocycles. The highest BCUT2D eigenvalue weighted by Gasteiger charge is 2.01. The fourth-order valence-electron chi connectivity index (χ4n) is 1.66. The number of nitrogens with zero attached hydrogens (tertiary/aromatic N) is 1. The van der Waals surface area contributed by atoms with E-state index in [-0.39, 0.29) is 0 Å². The fourth-order valence-corrected chi connectivity index (χ4v) is 2.44. The van der Waals surface area contributed by atoms with E-state index in [4.69, 9.17) is 5.11 Å². The van der Waals surface area contributed by atoms with Crippen LogP contribution in [0.25, 0.3) is 10.1 Å². The number of nitrogens with one attached hydrogen (secondary N) is 1. The van der Waals surface area contributed by atoms with Crippen molar-refractivity contribution >= 4 is 27.2 Å². The van der Waals surface area contributed by atoms with Crippen LogP contribution in [0.5, 0.6) is 0 Å². The van der Waals surface area contributed by atoms with Crippen LogP contribution in [0.1, 0.15) is 19.3 Å². The highest BCUT2D eigenvalue weighted by molar-refractivity contribution is 7.17. The molecule has 4 heteroatoms. The lowest BCUT2D eigenvalue weighted by molar-refractivity contribution is 0.283. The number of fused-ring (bicyclic) bond motifs is 1. The molecule has 2 aromatic heterocycles. The second-order valence-corrected chi connectivity index (χ2v) is 4.65. The Balaban J connectivity index is 1.91. The van der Waals surface area contributed by atoms with Crippen molar-refractivity contribution in [2.75, 3.05) is 18.5 Å². The summed E-state index contributed by atoms with van der Waals surface area (Å²) in [7, 11) is 0. The number of thiophene rings is 1. The molecule has 0 amide bonds. The van der Waals surface area contributed by atoms with Crippen LogP contribution in [0, 0.1) is 0 Å². The molecule has 0 aliphatic carbocycles. The molecule has 16 heavy (non-hydrogen) atoms. The number of aromatic nitrogens is 1. The largest absolute Gasteiger partial charge is 0.396 e. The number of aliphatic hydroxyl groups excluding tert-OH is 1. The first kappa shape index (κ1) is 11.4. The summed E-state index contributed by atoms with van der Waals surface area (Å²) in [4.78, 5) is 4.34. The van der Waals surface area contributed by atoms with Crippen molar-refractivity contribution in [1.82, 2.24) is 4.98 Å². The molecule has 2 aromatic rings. The van der Waals surface area contributed by atoms with Crippen LogP contribution >= 0.6 is 11.3 Å². The predicted octanol–water partition coefficient (Wildman–Crippen LogP) is 2.87. The lowest BCUT2D eigenvalue weighted by Crippen LogP contribution is -2.03. The summed E-state index contributed by atoms with van der Waals surface area (Å²) in [5.74, 6) is 0.975. The topological polar surface area (TPSA) is 45.1 Å². The van der Waals surface area contributed by atoms with Crippen LogP contribution in [-0.2, 0) is 0 Å². The van der Waals surface area contributed by atoms with Crippen LogP contribution in [0.3, 0.4) is 0 Å². The van der Waals surface area contributed by atoms with Crippen molar-refractivity contribution in [1.29, 1.82) is 0 Å². The number of hydrogen-bond donors (Lipinski definition) is 2. The number of aliphatic hydroxyl groups is 1. The van der Waals surface area contributed by atoms with Crippen LogP contribution in [0.15, 0.2) is 23.7 Å². The van der Waals surface area contributed by atoms with Crippen molar-refractivity contribution < 1.29 is 5.11 Å². The van der Waals surface area contributed by atoms with Gasteiger partial charge in [0.05, 0.1) is 0 Å². The van der Waals surface area contributed by atoms with Crippen molar-refractivity contribution in [2.24, 2.45) is 0 Å². The van der Waals surface area contributed by atoms with E-state index in [2.05, 4.69) is 21.7 Å². The Bertz CT molecular complexity index is 441. The molecule has 2 heterocycles. The van der Waals surface area contributed by atoms with Crippen LogP contribution < -0.4 is 5.32 Å². The zero-order valence-corrected chi connectivity index (χ0v) is 9.96. The lowest BCUT2D eigenvalue weighted by Gasteiger charge is -2.05. The number of hydrogen-bond acceptors (Lipinski definition) is 4. The Kier molecular flexibility index (Phi) is 4.13. The molecule has 0 atom stereocenters. The summed E-state index contributed by atoms with van der Waals surface area (Å²) in [6.07, 6.45) is 4.86. The Labute approximate surface area is 99.1 Å². The van der Waals surface area contributed by atoms with Gasteiger partial charge in [0.25, 0.3) is 0 Å². The number of anilines is 1. The summed E-state index contributed by atoms with van der Waals surface area (Å²) in [6, 6.07) is 4.14. The summed E-state index contributed by atoms with van der Waals surface area (Å²) in [5.41, 5.74) is 0. The molecule has 2 N–H and O–H groups in total. The fraction of sp³-hybridized carbons (Fsp3) is 0.417. The molecule has 0 aliphatic rings. The lowest BCUT2D eigenvalue weighted by atomic mass is 10.2. The molecule has 0 saturated carbocycles. The maximum absolute atomic E-state index is 8.66. The van der Waals surface area contributed by atoms with E-state index in [1.54, 1.807) is 11.3 Å². The third kappa shape index (κ3) is 2.71. The SMILES string of the molecule is OCCCCCNc1nccc2sccc12. The minimum Gasteiger partial charge on any atom is -0.396 e. The first-order valence-electron chi connectivity index (χ1n) is 5.59. The standard InChI is InChI=1S/C12H16N2OS/c15-8-3-1-2-6-13-12-10-5-9-16-11(10)4-7-14-12/h4-5,7,9,15H,1-3,6,8H2,(H,13,14). The van der Waals surface area contributed by atoms with Crippen molar-refractivity contribution in [3.63, 3.8) is 0 Å². The molecule has 2 rings (SSSR count). The second-order valence-electron chi connectivity index (χ2n) is 3.70. The third-order valence-corrected chi connectivity index (χ3v) is 3.39. The van der Waals surface area contributed by atoms with E-state index < -0.39 is 0 Å². The van der Waals surface area contributed by atoms with Gasteiger partial charge in [0, 0.05) is 29.4 Å². The summed E-state index contributed by atoms with van der Waals surface area (Å²) in [5, 5.41) is 15.3. The van der Waals surface area contributed by atoms with Gasteiger partial charge in [-0.25, -0.2) is 4.98 Å². The first-order valence-corrected chi connectivity index (χ1v) is 6.47. The van der Waals surface area contributed by atoms with Gasteiger partial charge in [-0.2, -0.15) is 0 Å². The molecule has 0 aromatic carbocycles. The predicted molar refractivity (Wildman–Crippen MR) is 69.0 cm³/mol. The third-order valence-electron chi connectivity index (χ3n) is 2.51. The van der Waals surface area contributed by atoms with E-state index in [0.29, 0.717) is 6.61 Å². The normalized spacial score (nSPS) is 10.8. The van der Waals surface area contributed by atoms with E-state index in [1.165, 1.54) is 10.1 Å². The molecule has 0 radical (unpaired) electrons. The molecule has 0 bridgehead atoms. The number of rotatable bonds is 6. The van der Waals surface area contributed by atoms with Crippen molar-refractivity contribution in [3.05, 3.63) is 23.7 Å². The molecule has 0 spiro atoms. The van der Waals surface area contributed by atoms with E-state index in [9.17, 15) is 0 Å². The van der Waals surface area contributed by atoms with E-state index in [1.807, 2.05) is 12.3 Å². The van der Waals surface area contributed by atoms with Crippen LogP contribution in [-0.4, -0.2) is 23.2 Å². The molecule has 3 nitrogen and oxygen atoms in total. The van der Waals surface area contributed by atoms with Crippen molar-refractivity contribution in [3.8, 4) is 0 Å². The minimum absolute atomic E-state index is 0.290. The van der Waals surface area contributed by atoms with Gasteiger partial charge < -0.3 is 10.4 Å². The van der Waals surface area contributed by atoms with Gasteiger partial charge >= 0.3 is 0 Å². The molecular formula is C12H16N2OS. The Morgan fingerprint density at radius 2 is 2.19 bits per heavy atom. The van der Waals surface area contributed by atoms with E-state index >= 15 is 0 Å². The van der Waals surface area contributed by atoms with Gasteiger partial charge in [-0.15, -0.1) is 11.3 Å². The average Bonchev–Trinajstić information content (AvgIpc) is 2.77. The monoisotopic (exact) mass is 236 g/mol. The number of pyridine rings is 1. The zero-order chi connectivity index (χ0) is 11.2. The van der Waals surface area contributed by atoms with Crippen LogP contribution in [0.2, 0.25) is 0 Å². The number of unbranched alkanes of at least 4 members (excludes halogenated alkanes) is 2. The quantitative estimate of drug-likeness (QED) is 0.758. The van der Waals surface area contributed by atoms with E-state index in [0.717, 1.165) is 31.6 Å². The summed E-state index contributed by atoms with van der Waals surface area (Å²) >= 11 is 1.74. The van der Waals surface area contributed by atoms with Gasteiger partial charge in [-0.3, -0.25) is 0 Å². The highest BCUT2D eigenvalue weighted by Crippen LogP contribution is 2.25. The summed E-state index contributed by atoms with van der Waals surface area (Å²) in [6.45, 7) is 1.21. The second kappa shape index (κ2) is 5.82. The Morgan fingerprint density at radius 1 is 1.25 bits per heavy atom. The molecule has 0 aliphatic heterocycles. The maximum Gasteiger partial charge on any atom is 0.134 e. The van der Waals surface area contributed by atoms with Gasteiger partial charge in [-0.05, 0) is 36.8 Å². The first-order chi connectivity index (χ1) is 7.92. The maximum atomic E-state index is 8.66. The Hall–Kier alpha value is -1.13. The molecule has 0 fully saturated rings. The highest BCUT2D eigenvalue weighted by atomic mass is 32.1. The summed E-state index contributed by atoms with van der Waals surface area (Å²) < 4.78 is 1.27. The van der Waals surface area contributed by atoms with Gasteiger partial charge in [0.15, 0.2) is 0 Å². The van der Waals surface area contributed by atoms with Gasteiger partial charge in [0.2, 0.25) is 0 Å². The Morgan fingerprint density at radius 3 is 3.06 bits per heavy atom. The van der Waals surface area contributed by atoms with Gasteiger partial charge in [-0.1, -0.05) is 0 Å². The smallest absolute Gasteiger partial charge is 0.134 e. The van der Waals surface area contributed by atoms with Gasteiger partial charge in [0.1, 0.15) is 5.82 Å². The molecule has 0 unspecified atom stereocenters.